The highest BCUT2D eigenvalue weighted by Gasteiger charge is 2.14. The van der Waals surface area contributed by atoms with E-state index in [1.165, 1.54) is 11.3 Å². The summed E-state index contributed by atoms with van der Waals surface area (Å²) in [7, 11) is 0. The first-order valence-electron chi connectivity index (χ1n) is 6.23. The van der Waals surface area contributed by atoms with Crippen LogP contribution < -0.4 is 11.1 Å². The second-order valence-corrected chi connectivity index (χ2v) is 6.44. The molecule has 0 bridgehead atoms. The fourth-order valence-corrected chi connectivity index (χ4v) is 3.56. The monoisotopic (exact) mass is 294 g/mol. The van der Waals surface area contributed by atoms with E-state index in [2.05, 4.69) is 18.5 Å². The number of benzene rings is 1. The fraction of sp³-hybridized carbons (Fsp3) is 0.357. The van der Waals surface area contributed by atoms with Gasteiger partial charge in [0.25, 0.3) is 5.91 Å². The molecule has 3 nitrogen and oxygen atoms in total. The van der Waals surface area contributed by atoms with Crippen molar-refractivity contribution >= 4 is 44.8 Å². The Morgan fingerprint density at radius 2 is 2.26 bits per heavy atom. The van der Waals surface area contributed by atoms with E-state index in [-0.39, 0.29) is 11.9 Å². The van der Waals surface area contributed by atoms with Gasteiger partial charge in [0, 0.05) is 22.2 Å². The summed E-state index contributed by atoms with van der Waals surface area (Å²) in [6.45, 7) is 2.09. The second-order valence-electron chi connectivity index (χ2n) is 4.44. The minimum Gasteiger partial charge on any atom is -0.399 e. The summed E-state index contributed by atoms with van der Waals surface area (Å²) in [5.74, 6) is 0.959. The Balaban J connectivity index is 2.17. The molecule has 2 rings (SSSR count). The van der Waals surface area contributed by atoms with Crippen LogP contribution in [0.1, 0.15) is 23.0 Å². The zero-order valence-electron chi connectivity index (χ0n) is 11.1. The number of thioether (sulfide) groups is 1. The number of carbonyl (C=O) groups is 1. The molecule has 0 radical (unpaired) electrons. The molecule has 0 saturated heterocycles. The number of carbonyl (C=O) groups excluding carboxylic acids is 1. The van der Waals surface area contributed by atoms with E-state index in [1.54, 1.807) is 11.8 Å². The lowest BCUT2D eigenvalue weighted by atomic mass is 10.2. The van der Waals surface area contributed by atoms with Crippen LogP contribution in [0.15, 0.2) is 24.3 Å². The highest BCUT2D eigenvalue weighted by Crippen LogP contribution is 2.27. The highest BCUT2D eigenvalue weighted by molar-refractivity contribution is 7.98. The number of thiophene rings is 1. The van der Waals surface area contributed by atoms with Crippen LogP contribution >= 0.6 is 23.1 Å². The molecule has 3 N–H and O–H groups in total. The molecule has 102 valence electrons. The first-order valence-corrected chi connectivity index (χ1v) is 8.44. The van der Waals surface area contributed by atoms with Crippen molar-refractivity contribution in [3.05, 3.63) is 29.1 Å². The molecule has 0 aliphatic carbocycles. The summed E-state index contributed by atoms with van der Waals surface area (Å²) in [4.78, 5) is 13.0. The topological polar surface area (TPSA) is 55.1 Å². The predicted octanol–water partition coefficient (Wildman–Crippen LogP) is 3.35. The molecule has 0 aliphatic heterocycles. The maximum absolute atomic E-state index is 12.2. The van der Waals surface area contributed by atoms with Gasteiger partial charge in [0.15, 0.2) is 0 Å². The van der Waals surface area contributed by atoms with Crippen LogP contribution in [-0.4, -0.2) is 24.0 Å². The van der Waals surface area contributed by atoms with Gasteiger partial charge in [-0.2, -0.15) is 11.8 Å². The largest absolute Gasteiger partial charge is 0.399 e. The van der Waals surface area contributed by atoms with Crippen LogP contribution in [-0.2, 0) is 0 Å². The van der Waals surface area contributed by atoms with E-state index in [0.29, 0.717) is 0 Å². The molecule has 0 fully saturated rings. The maximum Gasteiger partial charge on any atom is 0.261 e. The van der Waals surface area contributed by atoms with Crippen molar-refractivity contribution in [1.29, 1.82) is 0 Å². The standard InChI is InChI=1S/C14H18N2OS2/c1-3-11(8-18-2)16-14(17)13-7-9-6-10(15)4-5-12(9)19-13/h4-7,11H,3,8,15H2,1-2H3,(H,16,17). The minimum atomic E-state index is 0.0145. The van der Waals surface area contributed by atoms with Gasteiger partial charge in [-0.15, -0.1) is 11.3 Å². The van der Waals surface area contributed by atoms with E-state index in [1.807, 2.05) is 24.3 Å². The van der Waals surface area contributed by atoms with Crippen molar-refractivity contribution < 1.29 is 4.79 Å². The first-order chi connectivity index (χ1) is 9.13. The molecule has 5 heteroatoms. The molecule has 0 spiro atoms. The molecular weight excluding hydrogens is 276 g/mol. The Hall–Kier alpha value is -1.20. The van der Waals surface area contributed by atoms with Crippen LogP contribution in [0.3, 0.4) is 0 Å². The fourth-order valence-electron chi connectivity index (χ4n) is 1.89. The van der Waals surface area contributed by atoms with E-state index in [9.17, 15) is 4.79 Å². The van der Waals surface area contributed by atoms with E-state index in [4.69, 9.17) is 5.73 Å². The van der Waals surface area contributed by atoms with Gasteiger partial charge in [0.05, 0.1) is 4.88 Å². The molecule has 0 saturated carbocycles. The number of anilines is 1. The first kappa shape index (κ1) is 14.2. The summed E-state index contributed by atoms with van der Waals surface area (Å²) < 4.78 is 1.09. The highest BCUT2D eigenvalue weighted by atomic mass is 32.2. The van der Waals surface area contributed by atoms with Crippen molar-refractivity contribution in [2.75, 3.05) is 17.7 Å². The van der Waals surface area contributed by atoms with Crippen molar-refractivity contribution in [3.8, 4) is 0 Å². The molecule has 1 aromatic heterocycles. The Morgan fingerprint density at radius 1 is 1.47 bits per heavy atom. The summed E-state index contributed by atoms with van der Waals surface area (Å²) in [6, 6.07) is 7.88. The summed E-state index contributed by atoms with van der Waals surface area (Å²) >= 11 is 3.26. The van der Waals surface area contributed by atoms with E-state index in [0.717, 1.165) is 32.8 Å². The molecule has 1 unspecified atom stereocenters. The summed E-state index contributed by atoms with van der Waals surface area (Å²) in [5, 5.41) is 4.11. The van der Waals surface area contributed by atoms with Gasteiger partial charge in [-0.25, -0.2) is 0 Å². The number of nitrogens with one attached hydrogen (secondary N) is 1. The van der Waals surface area contributed by atoms with Gasteiger partial charge in [-0.1, -0.05) is 6.92 Å². The normalized spacial score (nSPS) is 12.5. The van der Waals surface area contributed by atoms with E-state index < -0.39 is 0 Å². The maximum atomic E-state index is 12.2. The van der Waals surface area contributed by atoms with Gasteiger partial charge in [0.1, 0.15) is 0 Å². The zero-order chi connectivity index (χ0) is 13.8. The second kappa shape index (κ2) is 6.30. The van der Waals surface area contributed by atoms with Crippen molar-refractivity contribution in [1.82, 2.24) is 5.32 Å². The minimum absolute atomic E-state index is 0.0145. The molecule has 19 heavy (non-hydrogen) atoms. The number of fused-ring (bicyclic) bond motifs is 1. The Bertz CT molecular complexity index is 580. The van der Waals surface area contributed by atoms with Gasteiger partial charge < -0.3 is 11.1 Å². The third kappa shape index (κ3) is 3.42. The number of amides is 1. The molecule has 1 atom stereocenters. The SMILES string of the molecule is CCC(CSC)NC(=O)c1cc2cc(N)ccc2s1. The summed E-state index contributed by atoms with van der Waals surface area (Å²) in [6.07, 6.45) is 3.00. The molecular formula is C14H18N2OS2. The van der Waals surface area contributed by atoms with Gasteiger partial charge in [-0.05, 0) is 42.3 Å². The number of rotatable bonds is 5. The number of hydrogen-bond donors (Lipinski definition) is 2. The molecule has 0 aliphatic rings. The van der Waals surface area contributed by atoms with E-state index >= 15 is 0 Å². The van der Waals surface area contributed by atoms with Gasteiger partial charge in [0.2, 0.25) is 0 Å². The number of hydrogen-bond acceptors (Lipinski definition) is 4. The van der Waals surface area contributed by atoms with Crippen molar-refractivity contribution in [2.24, 2.45) is 0 Å². The van der Waals surface area contributed by atoms with Crippen LogP contribution in [0.4, 0.5) is 5.69 Å². The summed E-state index contributed by atoms with van der Waals surface area (Å²) in [5.41, 5.74) is 6.48. The average molecular weight is 294 g/mol. The third-order valence-corrected chi connectivity index (χ3v) is 4.81. The molecule has 1 heterocycles. The lowest BCUT2D eigenvalue weighted by molar-refractivity contribution is 0.0944. The quantitative estimate of drug-likeness (QED) is 0.831. The third-order valence-electron chi connectivity index (χ3n) is 2.96. The lowest BCUT2D eigenvalue weighted by Gasteiger charge is -2.14. The molecule has 1 aromatic carbocycles. The number of nitrogens with two attached hydrogens (primary N) is 1. The Morgan fingerprint density at radius 3 is 2.95 bits per heavy atom. The van der Waals surface area contributed by atoms with Gasteiger partial charge in [-0.3, -0.25) is 4.79 Å². The van der Waals surface area contributed by atoms with Crippen molar-refractivity contribution in [3.63, 3.8) is 0 Å². The van der Waals surface area contributed by atoms with Crippen LogP contribution in [0.2, 0.25) is 0 Å². The molecule has 1 amide bonds. The zero-order valence-corrected chi connectivity index (χ0v) is 12.7. The van der Waals surface area contributed by atoms with Crippen molar-refractivity contribution in [2.45, 2.75) is 19.4 Å². The van der Waals surface area contributed by atoms with Crippen LogP contribution in [0.5, 0.6) is 0 Å². The smallest absolute Gasteiger partial charge is 0.261 e. The molecule has 2 aromatic rings. The van der Waals surface area contributed by atoms with Crippen LogP contribution in [0, 0.1) is 0 Å². The Labute approximate surface area is 121 Å². The number of nitrogen functional groups attached to an aromatic ring is 1. The van der Waals surface area contributed by atoms with Gasteiger partial charge >= 0.3 is 0 Å². The van der Waals surface area contributed by atoms with Crippen LogP contribution in [0.25, 0.3) is 10.1 Å². The predicted molar refractivity (Wildman–Crippen MR) is 86.2 cm³/mol. The Kier molecular flexibility index (Phi) is 4.71. The lowest BCUT2D eigenvalue weighted by Crippen LogP contribution is -2.35. The average Bonchev–Trinajstić information content (AvgIpc) is 2.81.